The minimum Gasteiger partial charge on any atom is -0.385 e. The first kappa shape index (κ1) is 15.0. The second kappa shape index (κ2) is 6.49. The van der Waals surface area contributed by atoms with Crippen LogP contribution in [0.1, 0.15) is 19.3 Å². The Morgan fingerprint density at radius 2 is 1.83 bits per heavy atom. The van der Waals surface area contributed by atoms with Crippen LogP contribution in [-0.2, 0) is 4.74 Å². The van der Waals surface area contributed by atoms with E-state index < -0.39 is 0 Å². The van der Waals surface area contributed by atoms with Gasteiger partial charge in [0.1, 0.15) is 0 Å². The van der Waals surface area contributed by atoms with Crippen molar-refractivity contribution in [3.05, 3.63) is 6.07 Å². The number of nitrogens with zero attached hydrogens (tertiary/aromatic N) is 4. The van der Waals surface area contributed by atoms with Crippen molar-refractivity contribution < 1.29 is 4.74 Å². The molecule has 0 aliphatic carbocycles. The third-order valence-corrected chi connectivity index (χ3v) is 5.61. The fourth-order valence-corrected chi connectivity index (χ4v) is 4.26. The van der Waals surface area contributed by atoms with E-state index in [0.717, 1.165) is 66.4 Å². The summed E-state index contributed by atoms with van der Waals surface area (Å²) in [7, 11) is 1.97. The molecule has 2 aliphatic rings. The lowest BCUT2D eigenvalue weighted by Crippen LogP contribution is -2.36. The molecule has 7 heteroatoms. The molecule has 2 aliphatic heterocycles. The van der Waals surface area contributed by atoms with E-state index in [1.54, 1.807) is 11.3 Å². The van der Waals surface area contributed by atoms with Crippen molar-refractivity contribution in [1.29, 1.82) is 0 Å². The summed E-state index contributed by atoms with van der Waals surface area (Å²) in [4.78, 5) is 14.4. The van der Waals surface area contributed by atoms with Gasteiger partial charge >= 0.3 is 0 Å². The zero-order valence-corrected chi connectivity index (χ0v) is 14.4. The molecule has 23 heavy (non-hydrogen) atoms. The molecule has 2 saturated heterocycles. The highest BCUT2D eigenvalue weighted by atomic mass is 32.1. The monoisotopic (exact) mass is 333 g/mol. The molecule has 0 spiro atoms. The number of anilines is 3. The Hall–Kier alpha value is -1.60. The molecule has 2 aromatic heterocycles. The second-order valence-electron chi connectivity index (χ2n) is 6.07. The van der Waals surface area contributed by atoms with Crippen LogP contribution < -0.4 is 15.1 Å². The summed E-state index contributed by atoms with van der Waals surface area (Å²) in [5.41, 5.74) is 1.98. The van der Waals surface area contributed by atoms with E-state index in [-0.39, 0.29) is 0 Å². The molecule has 2 fully saturated rings. The summed E-state index contributed by atoms with van der Waals surface area (Å²) in [6.45, 7) is 5.57. The smallest absolute Gasteiger partial charge is 0.188 e. The van der Waals surface area contributed by atoms with Gasteiger partial charge in [-0.2, -0.15) is 4.98 Å². The van der Waals surface area contributed by atoms with Crippen LogP contribution in [-0.4, -0.2) is 56.4 Å². The van der Waals surface area contributed by atoms with E-state index in [0.29, 0.717) is 0 Å². The summed E-state index contributed by atoms with van der Waals surface area (Å²) in [5, 5.41) is 4.38. The minimum atomic E-state index is 0.782. The summed E-state index contributed by atoms with van der Waals surface area (Å²) in [6, 6.07) is 2.20. The molecule has 0 atom stereocenters. The molecule has 6 nitrogen and oxygen atoms in total. The second-order valence-corrected chi connectivity index (χ2v) is 7.08. The van der Waals surface area contributed by atoms with Crippen LogP contribution in [0.4, 0.5) is 16.6 Å². The molecule has 4 heterocycles. The van der Waals surface area contributed by atoms with Crippen molar-refractivity contribution in [2.75, 3.05) is 61.6 Å². The normalized spacial score (nSPS) is 19.3. The molecule has 4 rings (SSSR count). The van der Waals surface area contributed by atoms with Crippen molar-refractivity contribution in [2.45, 2.75) is 19.3 Å². The van der Waals surface area contributed by atoms with E-state index in [1.165, 1.54) is 19.3 Å². The summed E-state index contributed by atoms with van der Waals surface area (Å²) >= 11 is 1.73. The first-order chi connectivity index (χ1) is 11.3. The summed E-state index contributed by atoms with van der Waals surface area (Å²) < 4.78 is 6.58. The number of aromatic nitrogens is 2. The van der Waals surface area contributed by atoms with Crippen molar-refractivity contribution in [2.24, 2.45) is 0 Å². The largest absolute Gasteiger partial charge is 0.385 e. The maximum Gasteiger partial charge on any atom is 0.188 e. The summed E-state index contributed by atoms with van der Waals surface area (Å²) in [6.07, 6.45) is 3.82. The van der Waals surface area contributed by atoms with Crippen molar-refractivity contribution in [3.63, 3.8) is 0 Å². The topological polar surface area (TPSA) is 53.5 Å². The number of nitrogens with one attached hydrogen (secondary N) is 1. The van der Waals surface area contributed by atoms with Gasteiger partial charge in [0.25, 0.3) is 0 Å². The molecule has 124 valence electrons. The van der Waals surface area contributed by atoms with Gasteiger partial charge in [-0.05, 0) is 25.3 Å². The fraction of sp³-hybridized carbons (Fsp3) is 0.625. The predicted molar refractivity (Wildman–Crippen MR) is 96.1 cm³/mol. The van der Waals surface area contributed by atoms with Crippen molar-refractivity contribution in [1.82, 2.24) is 9.97 Å². The highest BCUT2D eigenvalue weighted by molar-refractivity contribution is 7.22. The fourth-order valence-electron chi connectivity index (χ4n) is 3.26. The summed E-state index contributed by atoms with van der Waals surface area (Å²) in [5.74, 6) is 1.05. The molecule has 0 radical (unpaired) electrons. The van der Waals surface area contributed by atoms with Gasteiger partial charge in [-0.1, -0.05) is 11.3 Å². The van der Waals surface area contributed by atoms with Crippen LogP contribution in [0.2, 0.25) is 0 Å². The van der Waals surface area contributed by atoms with Gasteiger partial charge < -0.3 is 19.9 Å². The number of thiazole rings is 1. The maximum absolute atomic E-state index is 5.43. The Balaban J connectivity index is 1.69. The number of fused-ring (bicyclic) bond motifs is 1. The lowest BCUT2D eigenvalue weighted by molar-refractivity contribution is 0.122. The highest BCUT2D eigenvalue weighted by Crippen LogP contribution is 2.35. The standard InChI is InChI=1S/C16H23N5OS/c1-17-12-11-13-14(18-15(12)20-5-3-2-4-6-20)19-16(23-13)21-7-9-22-10-8-21/h11,17H,2-10H2,1H3. The van der Waals surface area contributed by atoms with Gasteiger partial charge in [0.2, 0.25) is 0 Å². The van der Waals surface area contributed by atoms with E-state index >= 15 is 0 Å². The number of hydrogen-bond donors (Lipinski definition) is 1. The van der Waals surface area contributed by atoms with Crippen LogP contribution in [0, 0.1) is 0 Å². The van der Waals surface area contributed by atoms with Crippen molar-refractivity contribution >= 4 is 38.3 Å². The maximum atomic E-state index is 5.43. The van der Waals surface area contributed by atoms with E-state index in [9.17, 15) is 0 Å². The van der Waals surface area contributed by atoms with Crippen molar-refractivity contribution in [3.8, 4) is 0 Å². The van der Waals surface area contributed by atoms with Crippen LogP contribution in [0.15, 0.2) is 6.07 Å². The molecular formula is C16H23N5OS. The van der Waals surface area contributed by atoms with Gasteiger partial charge in [-0.3, -0.25) is 0 Å². The quantitative estimate of drug-likeness (QED) is 0.932. The van der Waals surface area contributed by atoms with E-state index in [1.807, 2.05) is 7.05 Å². The Labute approximate surface area is 140 Å². The van der Waals surface area contributed by atoms with Crippen LogP contribution >= 0.6 is 11.3 Å². The first-order valence-electron chi connectivity index (χ1n) is 8.42. The van der Waals surface area contributed by atoms with Gasteiger partial charge in [0, 0.05) is 33.2 Å². The molecule has 0 saturated carbocycles. The van der Waals surface area contributed by atoms with Gasteiger partial charge in [0.05, 0.1) is 23.6 Å². The number of ether oxygens (including phenoxy) is 1. The lowest BCUT2D eigenvalue weighted by Gasteiger charge is -2.29. The van der Waals surface area contributed by atoms with Crippen LogP contribution in [0.3, 0.4) is 0 Å². The van der Waals surface area contributed by atoms with Crippen LogP contribution in [0.5, 0.6) is 0 Å². The molecule has 0 amide bonds. The van der Waals surface area contributed by atoms with Gasteiger partial charge in [-0.25, -0.2) is 4.98 Å². The number of hydrogen-bond acceptors (Lipinski definition) is 7. The average Bonchev–Trinajstić information content (AvgIpc) is 3.05. The average molecular weight is 333 g/mol. The molecular weight excluding hydrogens is 310 g/mol. The highest BCUT2D eigenvalue weighted by Gasteiger charge is 2.20. The SMILES string of the molecule is CNc1cc2sc(N3CCOCC3)nc2nc1N1CCCCC1. The Bertz CT molecular complexity index is 676. The van der Waals surface area contributed by atoms with Gasteiger partial charge in [-0.15, -0.1) is 0 Å². The Morgan fingerprint density at radius 1 is 1.04 bits per heavy atom. The number of piperidine rings is 1. The van der Waals surface area contributed by atoms with Gasteiger partial charge in [0.15, 0.2) is 16.6 Å². The van der Waals surface area contributed by atoms with E-state index in [4.69, 9.17) is 14.7 Å². The number of rotatable bonds is 3. The Kier molecular flexibility index (Phi) is 4.22. The molecule has 0 aromatic carbocycles. The number of morpholine rings is 1. The predicted octanol–water partition coefficient (Wildman–Crippen LogP) is 2.56. The molecule has 0 bridgehead atoms. The zero-order chi connectivity index (χ0) is 15.6. The third-order valence-electron chi connectivity index (χ3n) is 4.56. The Morgan fingerprint density at radius 3 is 2.57 bits per heavy atom. The first-order valence-corrected chi connectivity index (χ1v) is 9.24. The molecule has 1 N–H and O–H groups in total. The minimum absolute atomic E-state index is 0.782. The zero-order valence-electron chi connectivity index (χ0n) is 13.5. The third kappa shape index (κ3) is 2.95. The van der Waals surface area contributed by atoms with Crippen LogP contribution in [0.25, 0.3) is 10.3 Å². The molecule has 2 aromatic rings. The number of pyridine rings is 1. The lowest BCUT2D eigenvalue weighted by atomic mass is 10.1. The van der Waals surface area contributed by atoms with E-state index in [2.05, 4.69) is 21.2 Å². The molecule has 0 unspecified atom stereocenters.